The number of pyridine rings is 1. The van der Waals surface area contributed by atoms with E-state index in [0.717, 1.165) is 23.2 Å². The molecular formula is C16H20N4O. The lowest BCUT2D eigenvalue weighted by Gasteiger charge is -2.17. The molecule has 0 saturated heterocycles. The van der Waals surface area contributed by atoms with Crippen molar-refractivity contribution in [1.82, 2.24) is 9.88 Å². The summed E-state index contributed by atoms with van der Waals surface area (Å²) in [4.78, 5) is 18.6. The van der Waals surface area contributed by atoms with E-state index in [1.54, 1.807) is 4.90 Å². The highest BCUT2D eigenvalue weighted by Crippen LogP contribution is 2.38. The molecule has 1 saturated carbocycles. The Morgan fingerprint density at radius 2 is 2.19 bits per heavy atom. The van der Waals surface area contributed by atoms with E-state index in [4.69, 9.17) is 5.84 Å². The molecule has 110 valence electrons. The van der Waals surface area contributed by atoms with E-state index in [-0.39, 0.29) is 5.91 Å². The summed E-state index contributed by atoms with van der Waals surface area (Å²) in [6.45, 7) is 3.01. The monoisotopic (exact) mass is 284 g/mol. The van der Waals surface area contributed by atoms with Crippen LogP contribution in [-0.4, -0.2) is 29.4 Å². The van der Waals surface area contributed by atoms with Gasteiger partial charge in [0.15, 0.2) is 0 Å². The molecule has 21 heavy (non-hydrogen) atoms. The minimum atomic E-state index is -0.0589. The van der Waals surface area contributed by atoms with E-state index in [2.05, 4.69) is 17.3 Å². The summed E-state index contributed by atoms with van der Waals surface area (Å²) in [6, 6.07) is 9.57. The molecule has 3 N–H and O–H groups in total. The molecule has 1 amide bonds. The van der Waals surface area contributed by atoms with Gasteiger partial charge in [-0.1, -0.05) is 31.2 Å². The van der Waals surface area contributed by atoms with Crippen LogP contribution < -0.4 is 11.3 Å². The Hall–Kier alpha value is -2.14. The molecule has 3 rings (SSSR count). The van der Waals surface area contributed by atoms with E-state index in [1.807, 2.05) is 37.4 Å². The van der Waals surface area contributed by atoms with Gasteiger partial charge in [0.05, 0.1) is 0 Å². The Morgan fingerprint density at radius 3 is 2.86 bits per heavy atom. The highest BCUT2D eigenvalue weighted by molar-refractivity contribution is 6.00. The van der Waals surface area contributed by atoms with Crippen LogP contribution in [0.4, 0.5) is 5.82 Å². The number of aromatic nitrogens is 1. The first-order valence-corrected chi connectivity index (χ1v) is 7.22. The van der Waals surface area contributed by atoms with Crippen LogP contribution in [-0.2, 0) is 0 Å². The van der Waals surface area contributed by atoms with E-state index in [9.17, 15) is 4.79 Å². The van der Waals surface area contributed by atoms with Gasteiger partial charge in [0, 0.05) is 19.0 Å². The van der Waals surface area contributed by atoms with Gasteiger partial charge in [0.2, 0.25) is 0 Å². The standard InChI is InChI=1S/C16H20N4O/c1-10-7-12(10)9-20(2)16(21)14-8-11-5-3-4-6-13(11)15(18-14)19-17/h3-6,8,10,12H,7,9,17H2,1-2H3,(H,18,19). The molecule has 5 heteroatoms. The number of amides is 1. The summed E-state index contributed by atoms with van der Waals surface area (Å²) in [6.07, 6.45) is 1.21. The third-order valence-corrected chi connectivity index (χ3v) is 4.23. The Balaban J connectivity index is 1.90. The number of nitrogens with one attached hydrogen (secondary N) is 1. The number of nitrogens with two attached hydrogens (primary N) is 1. The van der Waals surface area contributed by atoms with Crippen molar-refractivity contribution in [2.24, 2.45) is 17.7 Å². The molecule has 1 aromatic carbocycles. The zero-order chi connectivity index (χ0) is 15.0. The van der Waals surface area contributed by atoms with Crippen LogP contribution >= 0.6 is 0 Å². The molecule has 5 nitrogen and oxygen atoms in total. The van der Waals surface area contributed by atoms with Crippen molar-refractivity contribution in [3.8, 4) is 0 Å². The number of rotatable bonds is 4. The van der Waals surface area contributed by atoms with Gasteiger partial charge in [-0.2, -0.15) is 0 Å². The van der Waals surface area contributed by atoms with Gasteiger partial charge in [0.1, 0.15) is 11.5 Å². The van der Waals surface area contributed by atoms with Crippen LogP contribution in [0, 0.1) is 11.8 Å². The molecule has 0 aliphatic heterocycles. The van der Waals surface area contributed by atoms with Crippen LogP contribution in [0.1, 0.15) is 23.8 Å². The van der Waals surface area contributed by atoms with Gasteiger partial charge in [-0.25, -0.2) is 10.8 Å². The van der Waals surface area contributed by atoms with E-state index >= 15 is 0 Å². The minimum absolute atomic E-state index is 0.0589. The first kappa shape index (κ1) is 13.8. The highest BCUT2D eigenvalue weighted by Gasteiger charge is 2.34. The van der Waals surface area contributed by atoms with Gasteiger partial charge in [0.25, 0.3) is 5.91 Å². The fourth-order valence-corrected chi connectivity index (χ4v) is 2.70. The summed E-state index contributed by atoms with van der Waals surface area (Å²) in [7, 11) is 1.83. The quantitative estimate of drug-likeness (QED) is 0.667. The average Bonchev–Trinajstić information content (AvgIpc) is 3.20. The fraction of sp³-hybridized carbons (Fsp3) is 0.375. The number of hydrazine groups is 1. The molecule has 1 aliphatic rings. The maximum Gasteiger partial charge on any atom is 0.272 e. The summed E-state index contributed by atoms with van der Waals surface area (Å²) in [5.74, 6) is 7.36. The Labute approximate surface area is 124 Å². The van der Waals surface area contributed by atoms with Crippen LogP contribution in [0.2, 0.25) is 0 Å². The van der Waals surface area contributed by atoms with Crippen molar-refractivity contribution in [3.05, 3.63) is 36.0 Å². The molecule has 1 aliphatic carbocycles. The Morgan fingerprint density at radius 1 is 1.48 bits per heavy atom. The van der Waals surface area contributed by atoms with Crippen molar-refractivity contribution < 1.29 is 4.79 Å². The van der Waals surface area contributed by atoms with Crippen LogP contribution in [0.25, 0.3) is 10.8 Å². The molecule has 1 heterocycles. The number of benzene rings is 1. The number of hydrogen-bond donors (Lipinski definition) is 2. The minimum Gasteiger partial charge on any atom is -0.340 e. The second-order valence-electron chi connectivity index (χ2n) is 5.88. The van der Waals surface area contributed by atoms with Crippen molar-refractivity contribution in [2.45, 2.75) is 13.3 Å². The smallest absolute Gasteiger partial charge is 0.272 e. The maximum absolute atomic E-state index is 12.5. The van der Waals surface area contributed by atoms with Gasteiger partial charge >= 0.3 is 0 Å². The topological polar surface area (TPSA) is 71.2 Å². The largest absolute Gasteiger partial charge is 0.340 e. The molecule has 1 fully saturated rings. The normalized spacial score (nSPS) is 20.3. The molecule has 2 atom stereocenters. The molecular weight excluding hydrogens is 264 g/mol. The van der Waals surface area contributed by atoms with Crippen LogP contribution in [0.3, 0.4) is 0 Å². The first-order valence-electron chi connectivity index (χ1n) is 7.22. The summed E-state index contributed by atoms with van der Waals surface area (Å²) >= 11 is 0. The van der Waals surface area contributed by atoms with E-state index in [1.165, 1.54) is 6.42 Å². The summed E-state index contributed by atoms with van der Waals surface area (Å²) in [5, 5.41) is 1.87. The van der Waals surface area contributed by atoms with E-state index < -0.39 is 0 Å². The second kappa shape index (κ2) is 5.33. The number of hydrogen-bond acceptors (Lipinski definition) is 4. The van der Waals surface area contributed by atoms with Crippen molar-refractivity contribution in [3.63, 3.8) is 0 Å². The van der Waals surface area contributed by atoms with Gasteiger partial charge in [-0.05, 0) is 29.7 Å². The molecule has 1 aromatic heterocycles. The number of nitrogen functional groups attached to an aromatic ring is 1. The van der Waals surface area contributed by atoms with Crippen molar-refractivity contribution in [2.75, 3.05) is 19.0 Å². The first-order chi connectivity index (χ1) is 10.1. The average molecular weight is 284 g/mol. The Kier molecular flexibility index (Phi) is 3.51. The van der Waals surface area contributed by atoms with Crippen molar-refractivity contribution in [1.29, 1.82) is 0 Å². The molecule has 2 unspecified atom stereocenters. The summed E-state index contributed by atoms with van der Waals surface area (Å²) < 4.78 is 0. The zero-order valence-corrected chi connectivity index (χ0v) is 12.3. The van der Waals surface area contributed by atoms with Gasteiger partial charge in [-0.15, -0.1) is 0 Å². The maximum atomic E-state index is 12.5. The lowest BCUT2D eigenvalue weighted by atomic mass is 10.1. The third kappa shape index (κ3) is 2.69. The number of carbonyl (C=O) groups is 1. The predicted molar refractivity (Wildman–Crippen MR) is 83.8 cm³/mol. The second-order valence-corrected chi connectivity index (χ2v) is 5.88. The molecule has 2 aromatic rings. The molecule has 0 spiro atoms. The highest BCUT2D eigenvalue weighted by atomic mass is 16.2. The molecule has 0 radical (unpaired) electrons. The fourth-order valence-electron chi connectivity index (χ4n) is 2.70. The van der Waals surface area contributed by atoms with Crippen LogP contribution in [0.15, 0.2) is 30.3 Å². The van der Waals surface area contributed by atoms with Gasteiger partial charge in [-0.3, -0.25) is 4.79 Å². The Bertz CT molecular complexity index is 685. The number of anilines is 1. The third-order valence-electron chi connectivity index (χ3n) is 4.23. The number of nitrogens with zero attached hydrogens (tertiary/aromatic N) is 2. The number of fused-ring (bicyclic) bond motifs is 1. The summed E-state index contributed by atoms with van der Waals surface area (Å²) in [5.41, 5.74) is 3.01. The lowest BCUT2D eigenvalue weighted by Crippen LogP contribution is -2.30. The zero-order valence-electron chi connectivity index (χ0n) is 12.3. The van der Waals surface area contributed by atoms with Crippen molar-refractivity contribution >= 4 is 22.5 Å². The van der Waals surface area contributed by atoms with E-state index in [0.29, 0.717) is 17.4 Å². The molecule has 0 bridgehead atoms. The SMILES string of the molecule is CC1CC1CN(C)C(=O)c1cc2ccccc2c(NN)n1. The number of carbonyl (C=O) groups excluding carboxylic acids is 1. The van der Waals surface area contributed by atoms with Crippen LogP contribution in [0.5, 0.6) is 0 Å². The predicted octanol–water partition coefficient (Wildman–Crippen LogP) is 2.25. The van der Waals surface area contributed by atoms with Gasteiger partial charge < -0.3 is 10.3 Å². The lowest BCUT2D eigenvalue weighted by molar-refractivity contribution is 0.0781.